The molecular formula is C11H15ClN2O5S. The number of methoxy groups -OCH3 is 1. The summed E-state index contributed by atoms with van der Waals surface area (Å²) in [6, 6.07) is 3.29. The average molecular weight is 323 g/mol. The molecule has 0 fully saturated rings. The minimum atomic E-state index is -3.86. The van der Waals surface area contributed by atoms with Crippen molar-refractivity contribution >= 4 is 27.3 Å². The van der Waals surface area contributed by atoms with Crippen molar-refractivity contribution in [1.29, 1.82) is 0 Å². The third-order valence-electron chi connectivity index (χ3n) is 2.48. The van der Waals surface area contributed by atoms with Crippen molar-refractivity contribution in [2.75, 3.05) is 20.3 Å². The molecule has 0 aliphatic rings. The summed E-state index contributed by atoms with van der Waals surface area (Å²) in [4.78, 5) is 9.69. The van der Waals surface area contributed by atoms with Gasteiger partial charge in [0.15, 0.2) is 0 Å². The molecule has 9 heteroatoms. The van der Waals surface area contributed by atoms with Gasteiger partial charge in [0.05, 0.1) is 9.95 Å². The van der Waals surface area contributed by atoms with Crippen LogP contribution in [0.4, 0.5) is 5.69 Å². The molecule has 0 aliphatic heterocycles. The predicted octanol–water partition coefficient (Wildman–Crippen LogP) is 1.95. The monoisotopic (exact) mass is 322 g/mol. The van der Waals surface area contributed by atoms with Gasteiger partial charge >= 0.3 is 0 Å². The summed E-state index contributed by atoms with van der Waals surface area (Å²) in [5.41, 5.74) is -0.325. The van der Waals surface area contributed by atoms with Crippen molar-refractivity contribution in [3.8, 4) is 0 Å². The zero-order valence-electron chi connectivity index (χ0n) is 10.8. The maximum Gasteiger partial charge on any atom is 0.270 e. The number of unbranched alkanes of at least 4 members (excludes halogenated alkanes) is 1. The number of benzene rings is 1. The summed E-state index contributed by atoms with van der Waals surface area (Å²) >= 11 is 5.79. The fourth-order valence-corrected chi connectivity index (χ4v) is 3.06. The number of non-ortho nitro benzene ring substituents is 1. The molecule has 1 aromatic rings. The first-order valence-corrected chi connectivity index (χ1v) is 7.67. The Bertz CT molecular complexity index is 576. The topological polar surface area (TPSA) is 98.5 Å². The number of hydrogen-bond acceptors (Lipinski definition) is 5. The fourth-order valence-electron chi connectivity index (χ4n) is 1.47. The molecule has 0 unspecified atom stereocenters. The number of nitro benzene ring substituents is 1. The summed E-state index contributed by atoms with van der Waals surface area (Å²) in [5.74, 6) is 0. The van der Waals surface area contributed by atoms with Crippen LogP contribution in [-0.4, -0.2) is 33.6 Å². The smallest absolute Gasteiger partial charge is 0.270 e. The second kappa shape index (κ2) is 7.53. The summed E-state index contributed by atoms with van der Waals surface area (Å²) in [5, 5.41) is 10.6. The van der Waals surface area contributed by atoms with Gasteiger partial charge in [-0.2, -0.15) is 0 Å². The predicted molar refractivity (Wildman–Crippen MR) is 74.4 cm³/mol. The minimum absolute atomic E-state index is 0.0556. The van der Waals surface area contributed by atoms with Crippen molar-refractivity contribution in [1.82, 2.24) is 4.72 Å². The molecule has 1 N–H and O–H groups in total. The number of rotatable bonds is 8. The molecule has 0 heterocycles. The molecule has 0 saturated carbocycles. The average Bonchev–Trinajstić information content (AvgIpc) is 2.38. The van der Waals surface area contributed by atoms with E-state index >= 15 is 0 Å². The fraction of sp³-hybridized carbons (Fsp3) is 0.455. The van der Waals surface area contributed by atoms with Crippen LogP contribution >= 0.6 is 11.6 Å². The summed E-state index contributed by atoms with van der Waals surface area (Å²) in [6.45, 7) is 0.754. The largest absolute Gasteiger partial charge is 0.385 e. The number of nitrogens with zero attached hydrogens (tertiary/aromatic N) is 1. The Kier molecular flexibility index (Phi) is 6.34. The molecule has 0 aliphatic carbocycles. The first-order chi connectivity index (χ1) is 9.38. The van der Waals surface area contributed by atoms with E-state index < -0.39 is 14.9 Å². The van der Waals surface area contributed by atoms with E-state index in [0.29, 0.717) is 19.4 Å². The third-order valence-corrected chi connectivity index (χ3v) is 4.43. The Balaban J connectivity index is 2.81. The van der Waals surface area contributed by atoms with E-state index in [1.54, 1.807) is 7.11 Å². The lowest BCUT2D eigenvalue weighted by Crippen LogP contribution is -2.25. The molecule has 0 radical (unpaired) electrons. The number of nitrogens with one attached hydrogen (secondary N) is 1. The highest BCUT2D eigenvalue weighted by atomic mass is 35.5. The molecular weight excluding hydrogens is 308 g/mol. The van der Waals surface area contributed by atoms with Crippen molar-refractivity contribution in [2.24, 2.45) is 0 Å². The first-order valence-electron chi connectivity index (χ1n) is 5.81. The summed E-state index contributed by atoms with van der Waals surface area (Å²) < 4.78 is 31.2. The summed E-state index contributed by atoms with van der Waals surface area (Å²) in [6.07, 6.45) is 1.31. The van der Waals surface area contributed by atoms with E-state index in [9.17, 15) is 18.5 Å². The van der Waals surface area contributed by atoms with Crippen LogP contribution in [0.1, 0.15) is 12.8 Å². The standard InChI is InChI=1S/C11H15ClN2O5S/c1-19-7-3-2-6-13-20(17,18)11-8-9(14(15)16)4-5-10(11)12/h4-5,8,13H,2-3,6-7H2,1H3. The maximum atomic E-state index is 12.0. The lowest BCUT2D eigenvalue weighted by Gasteiger charge is -2.08. The van der Waals surface area contributed by atoms with Crippen LogP contribution in [0.5, 0.6) is 0 Å². The van der Waals surface area contributed by atoms with Crippen LogP contribution in [-0.2, 0) is 14.8 Å². The first kappa shape index (κ1) is 16.8. The molecule has 20 heavy (non-hydrogen) atoms. The van der Waals surface area contributed by atoms with Crippen LogP contribution in [0.25, 0.3) is 0 Å². The van der Waals surface area contributed by atoms with Gasteiger partial charge in [0.25, 0.3) is 5.69 Å². The van der Waals surface area contributed by atoms with Crippen LogP contribution < -0.4 is 4.72 Å². The molecule has 112 valence electrons. The van der Waals surface area contributed by atoms with Crippen LogP contribution in [0.15, 0.2) is 23.1 Å². The molecule has 0 atom stereocenters. The van der Waals surface area contributed by atoms with Gasteiger partial charge in [-0.05, 0) is 18.9 Å². The van der Waals surface area contributed by atoms with Gasteiger partial charge in [-0.3, -0.25) is 10.1 Å². The van der Waals surface area contributed by atoms with E-state index in [-0.39, 0.29) is 22.2 Å². The molecule has 0 bridgehead atoms. The van der Waals surface area contributed by atoms with E-state index in [1.165, 1.54) is 6.07 Å². The van der Waals surface area contributed by atoms with Crippen LogP contribution in [0.2, 0.25) is 5.02 Å². The van der Waals surface area contributed by atoms with Gasteiger partial charge in [0.1, 0.15) is 4.90 Å². The zero-order valence-corrected chi connectivity index (χ0v) is 12.4. The Morgan fingerprint density at radius 3 is 2.70 bits per heavy atom. The summed E-state index contributed by atoms with van der Waals surface area (Å²) in [7, 11) is -2.30. The number of sulfonamides is 1. The number of ether oxygens (including phenoxy) is 1. The number of hydrogen-bond donors (Lipinski definition) is 1. The molecule has 0 spiro atoms. The van der Waals surface area contributed by atoms with Gasteiger partial charge in [-0.15, -0.1) is 0 Å². The normalized spacial score (nSPS) is 11.5. The van der Waals surface area contributed by atoms with Crippen molar-refractivity contribution in [3.05, 3.63) is 33.3 Å². The van der Waals surface area contributed by atoms with Crippen molar-refractivity contribution in [2.45, 2.75) is 17.7 Å². The molecule has 0 saturated heterocycles. The number of halogens is 1. The minimum Gasteiger partial charge on any atom is -0.385 e. The Morgan fingerprint density at radius 2 is 2.10 bits per heavy atom. The zero-order chi connectivity index (χ0) is 15.2. The van der Waals surface area contributed by atoms with Gasteiger partial charge in [0.2, 0.25) is 10.0 Å². The van der Waals surface area contributed by atoms with Crippen LogP contribution in [0, 0.1) is 10.1 Å². The second-order valence-electron chi connectivity index (χ2n) is 3.97. The van der Waals surface area contributed by atoms with E-state index in [2.05, 4.69) is 4.72 Å². The molecule has 1 aromatic carbocycles. The highest BCUT2D eigenvalue weighted by Crippen LogP contribution is 2.25. The van der Waals surface area contributed by atoms with Crippen molar-refractivity contribution < 1.29 is 18.1 Å². The Labute approximate surface area is 122 Å². The third kappa shape index (κ3) is 4.71. The highest BCUT2D eigenvalue weighted by molar-refractivity contribution is 7.89. The van der Waals surface area contributed by atoms with E-state index in [1.807, 2.05) is 0 Å². The lowest BCUT2D eigenvalue weighted by atomic mass is 10.3. The molecule has 1 rings (SSSR count). The number of nitro groups is 1. The van der Waals surface area contributed by atoms with E-state index in [4.69, 9.17) is 16.3 Å². The molecule has 7 nitrogen and oxygen atoms in total. The van der Waals surface area contributed by atoms with E-state index in [0.717, 1.165) is 12.1 Å². The SMILES string of the molecule is COCCCCNS(=O)(=O)c1cc([N+](=O)[O-])ccc1Cl. The molecule has 0 aromatic heterocycles. The van der Waals surface area contributed by atoms with Crippen LogP contribution in [0.3, 0.4) is 0 Å². The Hall–Kier alpha value is -1.22. The van der Waals surface area contributed by atoms with Gasteiger partial charge < -0.3 is 4.74 Å². The van der Waals surface area contributed by atoms with Gasteiger partial charge in [-0.1, -0.05) is 11.6 Å². The van der Waals surface area contributed by atoms with Crippen molar-refractivity contribution in [3.63, 3.8) is 0 Å². The highest BCUT2D eigenvalue weighted by Gasteiger charge is 2.20. The quantitative estimate of drug-likeness (QED) is 0.448. The second-order valence-corrected chi connectivity index (χ2v) is 6.11. The van der Waals surface area contributed by atoms with Gasteiger partial charge in [0, 0.05) is 32.4 Å². The lowest BCUT2D eigenvalue weighted by molar-refractivity contribution is -0.385. The van der Waals surface area contributed by atoms with Gasteiger partial charge in [-0.25, -0.2) is 13.1 Å². The maximum absolute atomic E-state index is 12.0. The molecule has 0 amide bonds. The Morgan fingerprint density at radius 1 is 1.40 bits per heavy atom.